The molecule has 19 heavy (non-hydrogen) atoms. The molecule has 0 bridgehead atoms. The topological polar surface area (TPSA) is 41.1 Å². The van der Waals surface area contributed by atoms with Crippen LogP contribution >= 0.6 is 28.1 Å². The number of rotatable bonds is 2. The van der Waals surface area contributed by atoms with Gasteiger partial charge in [0, 0.05) is 10.5 Å². The molecule has 0 heterocycles. The van der Waals surface area contributed by atoms with Crippen LogP contribution in [0.15, 0.2) is 28.7 Å². The molecule has 1 aromatic rings. The number of carbonyl (C=O) groups excluding carboxylic acids is 1. The molecule has 1 fully saturated rings. The number of halogens is 1. The van der Waals surface area contributed by atoms with Crippen molar-refractivity contribution in [2.45, 2.75) is 38.1 Å². The van der Waals surface area contributed by atoms with Crippen LogP contribution in [-0.4, -0.2) is 17.1 Å². The lowest BCUT2D eigenvalue weighted by molar-refractivity contribution is 0.0975. The molecule has 1 saturated carbocycles. The molecule has 3 nitrogen and oxygen atoms in total. The van der Waals surface area contributed by atoms with Crippen molar-refractivity contribution in [3.8, 4) is 0 Å². The third-order valence-corrected chi connectivity index (χ3v) is 4.20. The van der Waals surface area contributed by atoms with Crippen molar-refractivity contribution < 1.29 is 4.79 Å². The summed E-state index contributed by atoms with van der Waals surface area (Å²) in [4.78, 5) is 12.0. The molecule has 0 radical (unpaired) electrons. The first kappa shape index (κ1) is 14.5. The Morgan fingerprint density at radius 3 is 2.58 bits per heavy atom. The second-order valence-electron chi connectivity index (χ2n) is 4.74. The predicted octanol–water partition coefficient (Wildman–Crippen LogP) is 3.39. The van der Waals surface area contributed by atoms with Gasteiger partial charge in [-0.25, -0.2) is 0 Å². The molecule has 0 spiro atoms. The third-order valence-electron chi connectivity index (χ3n) is 3.29. The van der Waals surface area contributed by atoms with E-state index in [4.69, 9.17) is 12.2 Å². The first-order chi connectivity index (χ1) is 9.16. The molecule has 5 heteroatoms. The average Bonchev–Trinajstić information content (AvgIpc) is 2.40. The second kappa shape index (κ2) is 7.01. The van der Waals surface area contributed by atoms with E-state index in [2.05, 4.69) is 26.6 Å². The van der Waals surface area contributed by atoms with Crippen molar-refractivity contribution in [1.29, 1.82) is 0 Å². The Balaban J connectivity index is 1.88. The molecule has 0 aliphatic heterocycles. The zero-order chi connectivity index (χ0) is 13.7. The Hall–Kier alpha value is -0.940. The Kier molecular flexibility index (Phi) is 5.34. The number of carbonyl (C=O) groups is 1. The van der Waals surface area contributed by atoms with Crippen LogP contribution in [0.1, 0.15) is 42.5 Å². The zero-order valence-electron chi connectivity index (χ0n) is 10.6. The van der Waals surface area contributed by atoms with Gasteiger partial charge in [0.15, 0.2) is 5.11 Å². The van der Waals surface area contributed by atoms with Crippen LogP contribution in [0.5, 0.6) is 0 Å². The first-order valence-electron chi connectivity index (χ1n) is 6.53. The summed E-state index contributed by atoms with van der Waals surface area (Å²) >= 11 is 8.56. The SMILES string of the molecule is O=C(NC(=S)NC1CCCCC1)c1ccccc1Br. The molecule has 2 N–H and O–H groups in total. The van der Waals surface area contributed by atoms with Crippen molar-refractivity contribution in [3.63, 3.8) is 0 Å². The van der Waals surface area contributed by atoms with Crippen LogP contribution in [0.25, 0.3) is 0 Å². The van der Waals surface area contributed by atoms with Crippen LogP contribution < -0.4 is 10.6 Å². The number of benzene rings is 1. The number of hydrogen-bond acceptors (Lipinski definition) is 2. The Labute approximate surface area is 127 Å². The van der Waals surface area contributed by atoms with Crippen molar-refractivity contribution in [1.82, 2.24) is 10.6 Å². The fourth-order valence-electron chi connectivity index (χ4n) is 2.28. The highest BCUT2D eigenvalue weighted by Crippen LogP contribution is 2.17. The molecule has 1 amide bonds. The monoisotopic (exact) mass is 340 g/mol. The predicted molar refractivity (Wildman–Crippen MR) is 84.2 cm³/mol. The van der Waals surface area contributed by atoms with E-state index >= 15 is 0 Å². The van der Waals surface area contributed by atoms with Crippen LogP contribution in [0.2, 0.25) is 0 Å². The molecule has 0 unspecified atom stereocenters. The van der Waals surface area contributed by atoms with Gasteiger partial charge in [-0.15, -0.1) is 0 Å². The summed E-state index contributed by atoms with van der Waals surface area (Å²) in [6.45, 7) is 0. The quantitative estimate of drug-likeness (QED) is 0.811. The molecular weight excluding hydrogens is 324 g/mol. The van der Waals surface area contributed by atoms with Crippen molar-refractivity contribution in [2.24, 2.45) is 0 Å². The van der Waals surface area contributed by atoms with Crippen LogP contribution in [0.3, 0.4) is 0 Å². The molecule has 1 aliphatic carbocycles. The average molecular weight is 341 g/mol. The fourth-order valence-corrected chi connectivity index (χ4v) is 3.01. The van der Waals surface area contributed by atoms with Gasteiger partial charge in [0.1, 0.15) is 0 Å². The Morgan fingerprint density at radius 2 is 1.89 bits per heavy atom. The second-order valence-corrected chi connectivity index (χ2v) is 6.00. The lowest BCUT2D eigenvalue weighted by Gasteiger charge is -2.24. The van der Waals surface area contributed by atoms with Gasteiger partial charge in [-0.2, -0.15) is 0 Å². The largest absolute Gasteiger partial charge is 0.360 e. The lowest BCUT2D eigenvalue weighted by Crippen LogP contribution is -2.45. The van der Waals surface area contributed by atoms with Gasteiger partial charge in [-0.1, -0.05) is 31.4 Å². The molecule has 2 rings (SSSR count). The van der Waals surface area contributed by atoms with Gasteiger partial charge in [0.2, 0.25) is 0 Å². The van der Waals surface area contributed by atoms with Crippen molar-refractivity contribution >= 4 is 39.2 Å². The summed E-state index contributed by atoms with van der Waals surface area (Å²) in [5.41, 5.74) is 0.593. The van der Waals surface area contributed by atoms with E-state index in [1.165, 1.54) is 19.3 Å². The van der Waals surface area contributed by atoms with Gasteiger partial charge in [-0.05, 0) is 53.1 Å². The Bertz CT molecular complexity index is 472. The van der Waals surface area contributed by atoms with Gasteiger partial charge >= 0.3 is 0 Å². The van der Waals surface area contributed by atoms with Crippen molar-refractivity contribution in [2.75, 3.05) is 0 Å². The number of amides is 1. The fraction of sp³-hybridized carbons (Fsp3) is 0.429. The number of thiocarbonyl (C=S) groups is 1. The summed E-state index contributed by atoms with van der Waals surface area (Å²) in [6.07, 6.45) is 6.03. The van der Waals surface area contributed by atoms with E-state index in [-0.39, 0.29) is 5.91 Å². The standard InChI is InChI=1S/C14H17BrN2OS/c15-12-9-5-4-8-11(12)13(18)17-14(19)16-10-6-2-1-3-7-10/h4-5,8-10H,1-3,6-7H2,(H2,16,17,18,19). The maximum absolute atomic E-state index is 12.0. The van der Waals surface area contributed by atoms with E-state index in [1.807, 2.05) is 18.2 Å². The van der Waals surface area contributed by atoms with Gasteiger partial charge in [-0.3, -0.25) is 10.1 Å². The smallest absolute Gasteiger partial charge is 0.258 e. The maximum Gasteiger partial charge on any atom is 0.258 e. The summed E-state index contributed by atoms with van der Waals surface area (Å²) in [7, 11) is 0. The highest BCUT2D eigenvalue weighted by molar-refractivity contribution is 9.10. The molecule has 1 aliphatic rings. The lowest BCUT2D eigenvalue weighted by atomic mass is 9.96. The molecule has 1 aromatic carbocycles. The molecule has 0 saturated heterocycles. The minimum atomic E-state index is -0.180. The molecule has 0 aromatic heterocycles. The van der Waals surface area contributed by atoms with E-state index in [9.17, 15) is 4.79 Å². The summed E-state index contributed by atoms with van der Waals surface area (Å²) in [5.74, 6) is -0.180. The maximum atomic E-state index is 12.0. The van der Waals surface area contributed by atoms with Gasteiger partial charge in [0.05, 0.1) is 5.56 Å². The van der Waals surface area contributed by atoms with Crippen molar-refractivity contribution in [3.05, 3.63) is 34.3 Å². The summed E-state index contributed by atoms with van der Waals surface area (Å²) in [6, 6.07) is 7.71. The van der Waals surface area contributed by atoms with E-state index in [0.717, 1.165) is 17.3 Å². The van der Waals surface area contributed by atoms with E-state index in [0.29, 0.717) is 16.7 Å². The highest BCUT2D eigenvalue weighted by atomic mass is 79.9. The summed E-state index contributed by atoms with van der Waals surface area (Å²) in [5, 5.41) is 6.38. The number of nitrogens with one attached hydrogen (secondary N) is 2. The zero-order valence-corrected chi connectivity index (χ0v) is 13.0. The van der Waals surface area contributed by atoms with Gasteiger partial charge < -0.3 is 5.32 Å². The van der Waals surface area contributed by atoms with Crippen LogP contribution in [-0.2, 0) is 0 Å². The van der Waals surface area contributed by atoms with E-state index in [1.54, 1.807) is 6.07 Å². The summed E-state index contributed by atoms with van der Waals surface area (Å²) < 4.78 is 0.771. The first-order valence-corrected chi connectivity index (χ1v) is 7.73. The van der Waals surface area contributed by atoms with E-state index < -0.39 is 0 Å². The highest BCUT2D eigenvalue weighted by Gasteiger charge is 2.16. The molecule has 102 valence electrons. The Morgan fingerprint density at radius 1 is 1.21 bits per heavy atom. The normalized spacial score (nSPS) is 15.8. The molecule has 0 atom stereocenters. The third kappa shape index (κ3) is 4.28. The van der Waals surface area contributed by atoms with Crippen LogP contribution in [0.4, 0.5) is 0 Å². The van der Waals surface area contributed by atoms with Crippen LogP contribution in [0, 0.1) is 0 Å². The van der Waals surface area contributed by atoms with Gasteiger partial charge in [0.25, 0.3) is 5.91 Å². The molecular formula is C14H17BrN2OS. The number of hydrogen-bond donors (Lipinski definition) is 2. The minimum Gasteiger partial charge on any atom is -0.360 e. The minimum absolute atomic E-state index is 0.180.